The van der Waals surface area contributed by atoms with Crippen LogP contribution < -0.4 is 5.73 Å². The summed E-state index contributed by atoms with van der Waals surface area (Å²) in [6.07, 6.45) is 4.61. The predicted molar refractivity (Wildman–Crippen MR) is 102 cm³/mol. The van der Waals surface area contributed by atoms with Crippen LogP contribution in [-0.2, 0) is 6.54 Å². The van der Waals surface area contributed by atoms with Gasteiger partial charge in [0.2, 0.25) is 0 Å². The number of halogens is 2. The van der Waals surface area contributed by atoms with Crippen LogP contribution in [0.3, 0.4) is 0 Å². The summed E-state index contributed by atoms with van der Waals surface area (Å²) in [5.41, 5.74) is 7.11. The maximum absolute atomic E-state index is 13.5. The molecule has 28 heavy (non-hydrogen) atoms. The van der Waals surface area contributed by atoms with Crippen LogP contribution in [0.25, 0.3) is 0 Å². The number of carbonyl (C=O) groups excluding carboxylic acids is 1. The molecule has 4 rings (SSSR count). The van der Waals surface area contributed by atoms with Crippen LogP contribution in [0.5, 0.6) is 0 Å². The van der Waals surface area contributed by atoms with Gasteiger partial charge in [-0.25, -0.2) is 13.8 Å². The van der Waals surface area contributed by atoms with E-state index in [9.17, 15) is 13.6 Å². The van der Waals surface area contributed by atoms with Crippen molar-refractivity contribution in [3.05, 3.63) is 59.3 Å². The molecule has 2 aliphatic heterocycles. The zero-order chi connectivity index (χ0) is 19.7. The fourth-order valence-electron chi connectivity index (χ4n) is 4.55. The molecule has 1 unspecified atom stereocenters. The third-order valence-corrected chi connectivity index (χ3v) is 5.88. The molecule has 2 N–H and O–H groups in total. The molecule has 7 heteroatoms. The molecule has 0 radical (unpaired) electrons. The maximum atomic E-state index is 13.5. The van der Waals surface area contributed by atoms with E-state index in [-0.39, 0.29) is 11.3 Å². The van der Waals surface area contributed by atoms with E-state index in [0.717, 1.165) is 44.5 Å². The summed E-state index contributed by atoms with van der Waals surface area (Å²) in [6.45, 7) is 3.81. The third kappa shape index (κ3) is 3.85. The lowest BCUT2D eigenvalue weighted by atomic mass is 9.79. The highest BCUT2D eigenvalue weighted by Gasteiger charge is 2.42. The van der Waals surface area contributed by atoms with Gasteiger partial charge in [0.1, 0.15) is 5.82 Å². The van der Waals surface area contributed by atoms with Crippen LogP contribution in [0.1, 0.15) is 35.2 Å². The molecular weight excluding hydrogens is 362 g/mol. The SMILES string of the molecule is Nc1cc(C(=O)N2CCC3(CCCN(Cc4ccc(F)c(F)c4)C3)C2)ccn1. The van der Waals surface area contributed by atoms with Crippen LogP contribution in [0.2, 0.25) is 0 Å². The van der Waals surface area contributed by atoms with E-state index in [0.29, 0.717) is 24.5 Å². The van der Waals surface area contributed by atoms with Gasteiger partial charge in [0.15, 0.2) is 11.6 Å². The zero-order valence-corrected chi connectivity index (χ0v) is 15.7. The van der Waals surface area contributed by atoms with Crippen molar-refractivity contribution >= 4 is 11.7 Å². The first-order valence-corrected chi connectivity index (χ1v) is 9.61. The second-order valence-electron chi connectivity index (χ2n) is 8.01. The summed E-state index contributed by atoms with van der Waals surface area (Å²) >= 11 is 0. The minimum Gasteiger partial charge on any atom is -0.384 e. The number of hydrogen-bond acceptors (Lipinski definition) is 4. The van der Waals surface area contributed by atoms with Crippen molar-refractivity contribution in [2.75, 3.05) is 31.9 Å². The minimum atomic E-state index is -0.819. The molecule has 2 fully saturated rings. The summed E-state index contributed by atoms with van der Waals surface area (Å²) in [5.74, 6) is -1.29. The fourth-order valence-corrected chi connectivity index (χ4v) is 4.55. The zero-order valence-electron chi connectivity index (χ0n) is 15.7. The number of carbonyl (C=O) groups is 1. The van der Waals surface area contributed by atoms with E-state index in [1.54, 1.807) is 24.4 Å². The summed E-state index contributed by atoms with van der Waals surface area (Å²) < 4.78 is 26.7. The smallest absolute Gasteiger partial charge is 0.254 e. The van der Waals surface area contributed by atoms with Crippen molar-refractivity contribution in [2.45, 2.75) is 25.8 Å². The topological polar surface area (TPSA) is 62.5 Å². The largest absolute Gasteiger partial charge is 0.384 e. The van der Waals surface area contributed by atoms with Crippen molar-refractivity contribution < 1.29 is 13.6 Å². The average molecular weight is 386 g/mol. The Morgan fingerprint density at radius 3 is 2.75 bits per heavy atom. The van der Waals surface area contributed by atoms with Gasteiger partial charge < -0.3 is 10.6 Å². The highest BCUT2D eigenvalue weighted by molar-refractivity contribution is 5.95. The number of nitrogens with zero attached hydrogens (tertiary/aromatic N) is 3. The molecule has 1 spiro atoms. The van der Waals surface area contributed by atoms with E-state index in [2.05, 4.69) is 9.88 Å². The first-order valence-electron chi connectivity index (χ1n) is 9.61. The lowest BCUT2D eigenvalue weighted by molar-refractivity contribution is 0.0675. The molecule has 148 valence electrons. The van der Waals surface area contributed by atoms with Crippen LogP contribution in [0, 0.1) is 17.0 Å². The Morgan fingerprint density at radius 2 is 1.96 bits per heavy atom. The van der Waals surface area contributed by atoms with Gasteiger partial charge >= 0.3 is 0 Å². The normalized spacial score (nSPS) is 22.7. The fraction of sp³-hybridized carbons (Fsp3) is 0.429. The molecule has 1 amide bonds. The second-order valence-corrected chi connectivity index (χ2v) is 8.01. The van der Waals surface area contributed by atoms with Gasteiger partial charge in [0, 0.05) is 43.4 Å². The minimum absolute atomic E-state index is 0.0105. The Kier molecular flexibility index (Phi) is 5.02. The highest BCUT2D eigenvalue weighted by Crippen LogP contribution is 2.39. The van der Waals surface area contributed by atoms with Gasteiger partial charge in [-0.2, -0.15) is 0 Å². The average Bonchev–Trinajstić information content (AvgIpc) is 3.07. The molecule has 1 atom stereocenters. The summed E-state index contributed by atoms with van der Waals surface area (Å²) in [4.78, 5) is 20.9. The Labute approximate surface area is 163 Å². The number of likely N-dealkylation sites (tertiary alicyclic amines) is 2. The first-order chi connectivity index (χ1) is 13.4. The molecule has 2 aromatic rings. The number of rotatable bonds is 3. The molecule has 0 aliphatic carbocycles. The van der Waals surface area contributed by atoms with Gasteiger partial charge in [-0.05, 0) is 55.6 Å². The van der Waals surface area contributed by atoms with E-state index in [1.807, 2.05) is 4.90 Å². The van der Waals surface area contributed by atoms with Gasteiger partial charge in [-0.1, -0.05) is 6.07 Å². The monoisotopic (exact) mass is 386 g/mol. The lowest BCUT2D eigenvalue weighted by Crippen LogP contribution is -2.45. The number of hydrogen-bond donors (Lipinski definition) is 1. The van der Waals surface area contributed by atoms with Gasteiger partial charge in [-0.15, -0.1) is 0 Å². The summed E-state index contributed by atoms with van der Waals surface area (Å²) in [6, 6.07) is 7.40. The lowest BCUT2D eigenvalue weighted by Gasteiger charge is -2.40. The Morgan fingerprint density at radius 1 is 1.11 bits per heavy atom. The summed E-state index contributed by atoms with van der Waals surface area (Å²) in [7, 11) is 0. The number of anilines is 1. The van der Waals surface area contributed by atoms with Gasteiger partial charge in [0.25, 0.3) is 5.91 Å². The van der Waals surface area contributed by atoms with Gasteiger partial charge in [-0.3, -0.25) is 9.69 Å². The van der Waals surface area contributed by atoms with Crippen molar-refractivity contribution in [3.8, 4) is 0 Å². The number of aromatic nitrogens is 1. The number of nitrogen functional groups attached to an aromatic ring is 1. The molecule has 3 heterocycles. The van der Waals surface area contributed by atoms with Crippen molar-refractivity contribution in [1.82, 2.24) is 14.8 Å². The molecule has 1 aromatic carbocycles. The number of pyridine rings is 1. The van der Waals surface area contributed by atoms with Crippen molar-refractivity contribution in [3.63, 3.8) is 0 Å². The van der Waals surface area contributed by atoms with E-state index in [4.69, 9.17) is 5.73 Å². The Hall–Kier alpha value is -2.54. The second kappa shape index (κ2) is 7.47. The molecule has 0 saturated carbocycles. The van der Waals surface area contributed by atoms with E-state index < -0.39 is 11.6 Å². The molecule has 1 aromatic heterocycles. The summed E-state index contributed by atoms with van der Waals surface area (Å²) in [5, 5.41) is 0. The molecule has 0 bridgehead atoms. The number of piperidine rings is 1. The maximum Gasteiger partial charge on any atom is 0.254 e. The Balaban J connectivity index is 1.42. The molecule has 2 saturated heterocycles. The number of amides is 1. The number of benzene rings is 1. The quantitative estimate of drug-likeness (QED) is 0.881. The van der Waals surface area contributed by atoms with Crippen LogP contribution in [-0.4, -0.2) is 46.9 Å². The van der Waals surface area contributed by atoms with Crippen LogP contribution in [0.15, 0.2) is 36.5 Å². The van der Waals surface area contributed by atoms with Crippen LogP contribution in [0.4, 0.5) is 14.6 Å². The molecular formula is C21H24F2N4O. The van der Waals surface area contributed by atoms with E-state index in [1.165, 1.54) is 12.1 Å². The highest BCUT2D eigenvalue weighted by atomic mass is 19.2. The third-order valence-electron chi connectivity index (χ3n) is 5.88. The van der Waals surface area contributed by atoms with Gasteiger partial charge in [0.05, 0.1) is 0 Å². The predicted octanol–water partition coefficient (Wildman–Crippen LogP) is 3.07. The number of nitrogens with two attached hydrogens (primary N) is 1. The van der Waals surface area contributed by atoms with E-state index >= 15 is 0 Å². The Bertz CT molecular complexity index is 890. The van der Waals surface area contributed by atoms with Crippen molar-refractivity contribution in [2.24, 2.45) is 5.41 Å². The standard InChI is InChI=1S/C21H24F2N4O/c22-17-3-2-15(10-18(17)23)12-26-8-1-5-21(13-26)6-9-27(14-21)20(28)16-4-7-25-19(24)11-16/h2-4,7,10-11H,1,5-6,8-9,12-14H2,(H2,24,25). The van der Waals surface area contributed by atoms with Crippen molar-refractivity contribution in [1.29, 1.82) is 0 Å². The first kappa shape index (κ1) is 18.8. The molecule has 2 aliphatic rings. The molecule has 5 nitrogen and oxygen atoms in total. The van der Waals surface area contributed by atoms with Crippen LogP contribution >= 0.6 is 0 Å².